The van der Waals surface area contributed by atoms with Gasteiger partial charge in [-0.3, -0.25) is 4.79 Å². The van der Waals surface area contributed by atoms with Crippen molar-refractivity contribution < 1.29 is 9.53 Å². The number of piperidine rings is 1. The van der Waals surface area contributed by atoms with E-state index in [-0.39, 0.29) is 5.91 Å². The van der Waals surface area contributed by atoms with Crippen molar-refractivity contribution in [2.75, 3.05) is 31.1 Å². The molecule has 144 valence electrons. The number of rotatable bonds is 8. The number of hydrogen-bond acceptors (Lipinski definition) is 3. The van der Waals surface area contributed by atoms with E-state index in [4.69, 9.17) is 4.74 Å². The van der Waals surface area contributed by atoms with E-state index in [1.165, 1.54) is 43.6 Å². The molecule has 0 bridgehead atoms. The second-order valence-electron chi connectivity index (χ2n) is 7.03. The van der Waals surface area contributed by atoms with E-state index >= 15 is 0 Å². The first-order valence-electron chi connectivity index (χ1n) is 10.1. The van der Waals surface area contributed by atoms with Crippen LogP contribution in [0.3, 0.4) is 0 Å². The molecule has 1 fully saturated rings. The molecule has 4 heteroatoms. The molecule has 4 nitrogen and oxygen atoms in total. The van der Waals surface area contributed by atoms with Gasteiger partial charge in [0.05, 0.1) is 6.61 Å². The number of nitrogens with one attached hydrogen (secondary N) is 1. The number of amides is 1. The Hall–Kier alpha value is -2.49. The molecule has 27 heavy (non-hydrogen) atoms. The zero-order valence-corrected chi connectivity index (χ0v) is 16.2. The summed E-state index contributed by atoms with van der Waals surface area (Å²) < 4.78 is 5.40. The summed E-state index contributed by atoms with van der Waals surface area (Å²) in [6.45, 7) is 5.61. The summed E-state index contributed by atoms with van der Waals surface area (Å²) in [6, 6.07) is 16.2. The lowest BCUT2D eigenvalue weighted by Gasteiger charge is -2.28. The molecular formula is C23H30N2O2. The maximum absolute atomic E-state index is 12.2. The van der Waals surface area contributed by atoms with E-state index in [1.54, 1.807) is 12.1 Å². The van der Waals surface area contributed by atoms with Gasteiger partial charge in [-0.05, 0) is 81.0 Å². The van der Waals surface area contributed by atoms with Crippen molar-refractivity contribution >= 4 is 11.6 Å². The van der Waals surface area contributed by atoms with Gasteiger partial charge in [-0.1, -0.05) is 12.1 Å². The van der Waals surface area contributed by atoms with Gasteiger partial charge in [0.15, 0.2) is 0 Å². The van der Waals surface area contributed by atoms with Crippen LogP contribution in [0.1, 0.15) is 48.5 Å². The van der Waals surface area contributed by atoms with Crippen LogP contribution >= 0.6 is 0 Å². The predicted octanol–water partition coefficient (Wildman–Crippen LogP) is 4.44. The molecule has 1 aliphatic rings. The first-order valence-corrected chi connectivity index (χ1v) is 10.1. The summed E-state index contributed by atoms with van der Waals surface area (Å²) in [4.78, 5) is 14.7. The standard InChI is InChI=1S/C23H30N2O2/c1-2-27-22-14-10-20(11-15-22)23(26)24-16-6-7-19-8-12-21(13-9-19)25-17-4-3-5-18-25/h8-15H,2-7,16-18H2,1H3,(H,24,26). The lowest BCUT2D eigenvalue weighted by Crippen LogP contribution is -2.29. The second kappa shape index (κ2) is 10.0. The summed E-state index contributed by atoms with van der Waals surface area (Å²) in [5, 5.41) is 3.00. The minimum Gasteiger partial charge on any atom is -0.494 e. The maximum Gasteiger partial charge on any atom is 0.251 e. The van der Waals surface area contributed by atoms with Crippen LogP contribution < -0.4 is 15.0 Å². The van der Waals surface area contributed by atoms with Crippen molar-refractivity contribution in [2.45, 2.75) is 39.0 Å². The van der Waals surface area contributed by atoms with Crippen LogP contribution in [0, 0.1) is 0 Å². The molecule has 0 aromatic heterocycles. The Morgan fingerprint density at radius 1 is 1.00 bits per heavy atom. The lowest BCUT2D eigenvalue weighted by molar-refractivity contribution is 0.0953. The SMILES string of the molecule is CCOc1ccc(C(=O)NCCCc2ccc(N3CCCCC3)cc2)cc1. The fourth-order valence-electron chi connectivity index (χ4n) is 3.49. The van der Waals surface area contributed by atoms with Gasteiger partial charge in [0.2, 0.25) is 0 Å². The number of nitrogens with zero attached hydrogens (tertiary/aromatic N) is 1. The Morgan fingerprint density at radius 3 is 2.37 bits per heavy atom. The average molecular weight is 367 g/mol. The van der Waals surface area contributed by atoms with Crippen molar-refractivity contribution in [3.05, 3.63) is 59.7 Å². The Labute approximate surface area is 162 Å². The van der Waals surface area contributed by atoms with Crippen LogP contribution in [0.5, 0.6) is 5.75 Å². The molecule has 1 N–H and O–H groups in total. The van der Waals surface area contributed by atoms with Gasteiger partial charge in [-0.25, -0.2) is 0 Å². The van der Waals surface area contributed by atoms with Gasteiger partial charge >= 0.3 is 0 Å². The minimum absolute atomic E-state index is 0.0292. The molecule has 0 atom stereocenters. The second-order valence-corrected chi connectivity index (χ2v) is 7.03. The monoisotopic (exact) mass is 366 g/mol. The molecule has 1 aliphatic heterocycles. The lowest BCUT2D eigenvalue weighted by atomic mass is 10.1. The van der Waals surface area contributed by atoms with Gasteiger partial charge in [-0.2, -0.15) is 0 Å². The molecule has 0 radical (unpaired) electrons. The summed E-state index contributed by atoms with van der Waals surface area (Å²) in [5.74, 6) is 0.764. The first kappa shape index (κ1) is 19.3. The molecule has 0 saturated carbocycles. The number of hydrogen-bond donors (Lipinski definition) is 1. The normalized spacial score (nSPS) is 14.0. The van der Waals surface area contributed by atoms with E-state index in [0.29, 0.717) is 18.7 Å². The number of aryl methyl sites for hydroxylation is 1. The number of anilines is 1. The molecule has 1 saturated heterocycles. The molecule has 2 aromatic rings. The minimum atomic E-state index is -0.0292. The highest BCUT2D eigenvalue weighted by molar-refractivity contribution is 5.94. The quantitative estimate of drug-likeness (QED) is 0.702. The fourth-order valence-corrected chi connectivity index (χ4v) is 3.49. The van der Waals surface area contributed by atoms with Gasteiger partial charge in [-0.15, -0.1) is 0 Å². The van der Waals surface area contributed by atoms with Crippen molar-refractivity contribution in [1.29, 1.82) is 0 Å². The van der Waals surface area contributed by atoms with Crippen LogP contribution in [-0.2, 0) is 6.42 Å². The van der Waals surface area contributed by atoms with Crippen LogP contribution in [0.25, 0.3) is 0 Å². The highest BCUT2D eigenvalue weighted by Gasteiger charge is 2.10. The van der Waals surface area contributed by atoms with E-state index in [0.717, 1.165) is 18.6 Å². The third-order valence-corrected chi connectivity index (χ3v) is 5.01. The van der Waals surface area contributed by atoms with Gasteiger partial charge in [0, 0.05) is 30.9 Å². The summed E-state index contributed by atoms with van der Waals surface area (Å²) >= 11 is 0. The van der Waals surface area contributed by atoms with E-state index in [1.807, 2.05) is 19.1 Å². The molecule has 0 spiro atoms. The average Bonchev–Trinajstić information content (AvgIpc) is 2.73. The van der Waals surface area contributed by atoms with Gasteiger partial charge in [0.1, 0.15) is 5.75 Å². The van der Waals surface area contributed by atoms with E-state index in [2.05, 4.69) is 34.5 Å². The number of benzene rings is 2. The van der Waals surface area contributed by atoms with Crippen LogP contribution in [0.15, 0.2) is 48.5 Å². The molecule has 3 rings (SSSR count). The van der Waals surface area contributed by atoms with Crippen LogP contribution in [0.4, 0.5) is 5.69 Å². The smallest absolute Gasteiger partial charge is 0.251 e. The Kier molecular flexibility index (Phi) is 7.14. The Balaban J connectivity index is 1.39. The van der Waals surface area contributed by atoms with Crippen molar-refractivity contribution in [3.8, 4) is 5.75 Å². The third-order valence-electron chi connectivity index (χ3n) is 5.01. The number of carbonyl (C=O) groups is 1. The first-order chi connectivity index (χ1) is 13.3. The van der Waals surface area contributed by atoms with Crippen molar-refractivity contribution in [3.63, 3.8) is 0 Å². The molecule has 1 heterocycles. The van der Waals surface area contributed by atoms with Gasteiger partial charge in [0.25, 0.3) is 5.91 Å². The largest absolute Gasteiger partial charge is 0.494 e. The summed E-state index contributed by atoms with van der Waals surface area (Å²) in [7, 11) is 0. The number of ether oxygens (including phenoxy) is 1. The Morgan fingerprint density at radius 2 is 1.70 bits per heavy atom. The zero-order chi connectivity index (χ0) is 18.9. The maximum atomic E-state index is 12.2. The fraction of sp³-hybridized carbons (Fsp3) is 0.435. The zero-order valence-electron chi connectivity index (χ0n) is 16.2. The highest BCUT2D eigenvalue weighted by atomic mass is 16.5. The Bertz CT molecular complexity index is 704. The summed E-state index contributed by atoms with van der Waals surface area (Å²) in [5.41, 5.74) is 3.33. The third kappa shape index (κ3) is 5.75. The molecule has 2 aromatic carbocycles. The topological polar surface area (TPSA) is 41.6 Å². The van der Waals surface area contributed by atoms with Crippen molar-refractivity contribution in [1.82, 2.24) is 5.32 Å². The van der Waals surface area contributed by atoms with E-state index < -0.39 is 0 Å². The number of carbonyl (C=O) groups excluding carboxylic acids is 1. The van der Waals surface area contributed by atoms with Crippen LogP contribution in [0.2, 0.25) is 0 Å². The predicted molar refractivity (Wildman–Crippen MR) is 111 cm³/mol. The van der Waals surface area contributed by atoms with Crippen molar-refractivity contribution in [2.24, 2.45) is 0 Å². The molecule has 1 amide bonds. The molecule has 0 unspecified atom stereocenters. The van der Waals surface area contributed by atoms with Crippen LogP contribution in [-0.4, -0.2) is 32.1 Å². The van der Waals surface area contributed by atoms with Gasteiger partial charge < -0.3 is 15.0 Å². The highest BCUT2D eigenvalue weighted by Crippen LogP contribution is 2.20. The summed E-state index contributed by atoms with van der Waals surface area (Å²) in [6.07, 6.45) is 5.87. The molecule has 0 aliphatic carbocycles. The van der Waals surface area contributed by atoms with E-state index in [9.17, 15) is 4.79 Å². The molecular weight excluding hydrogens is 336 g/mol.